The van der Waals surface area contributed by atoms with Crippen molar-refractivity contribution in [1.29, 1.82) is 5.26 Å². The van der Waals surface area contributed by atoms with Gasteiger partial charge in [-0.1, -0.05) is 24.3 Å². The third-order valence-corrected chi connectivity index (χ3v) is 4.52. The summed E-state index contributed by atoms with van der Waals surface area (Å²) >= 11 is 1.49. The molecule has 1 aliphatic heterocycles. The number of carbonyl (C=O) groups is 2. The number of carbonyl (C=O) groups excluding carboxylic acids is 2. The van der Waals surface area contributed by atoms with Gasteiger partial charge in [-0.05, 0) is 35.4 Å². The number of nitrogens with zero attached hydrogens (tertiary/aromatic N) is 2. The number of hydrogen-bond acceptors (Lipinski definition) is 5. The quantitative estimate of drug-likeness (QED) is 0.633. The normalized spacial score (nSPS) is 13.6. The summed E-state index contributed by atoms with van der Waals surface area (Å²) in [5.74, 6) is 0.916. The average molecular weight is 338 g/mol. The predicted octanol–water partition coefficient (Wildman–Crippen LogP) is 2.66. The molecule has 1 aliphatic rings. The standard InChI is InChI=1S/C18H14N2O3S/c19-9-13-1-3-14(4-2-13)15-5-7-16(8-6-15)23-18(22)10-20-12-24-11-17(20)21/h1-8H,10-12H2. The van der Waals surface area contributed by atoms with Gasteiger partial charge in [0, 0.05) is 0 Å². The topological polar surface area (TPSA) is 70.4 Å². The monoisotopic (exact) mass is 338 g/mol. The van der Waals surface area contributed by atoms with E-state index in [0.717, 1.165) is 11.1 Å². The summed E-state index contributed by atoms with van der Waals surface area (Å²) in [6.07, 6.45) is 0. The van der Waals surface area contributed by atoms with Gasteiger partial charge in [-0.2, -0.15) is 5.26 Å². The minimum Gasteiger partial charge on any atom is -0.425 e. The zero-order chi connectivity index (χ0) is 16.9. The summed E-state index contributed by atoms with van der Waals surface area (Å²) in [4.78, 5) is 24.9. The van der Waals surface area contributed by atoms with Crippen LogP contribution in [-0.4, -0.2) is 35.0 Å². The molecule has 0 spiro atoms. The first-order chi connectivity index (χ1) is 11.7. The molecular weight excluding hydrogens is 324 g/mol. The summed E-state index contributed by atoms with van der Waals surface area (Å²) < 4.78 is 5.27. The molecule has 120 valence electrons. The van der Waals surface area contributed by atoms with Crippen LogP contribution < -0.4 is 4.74 Å². The third-order valence-electron chi connectivity index (χ3n) is 3.58. The zero-order valence-corrected chi connectivity index (χ0v) is 13.6. The highest BCUT2D eigenvalue weighted by Gasteiger charge is 2.23. The molecule has 1 fully saturated rings. The van der Waals surface area contributed by atoms with Crippen LogP contribution in [-0.2, 0) is 9.59 Å². The smallest absolute Gasteiger partial charge is 0.331 e. The number of benzene rings is 2. The van der Waals surface area contributed by atoms with Crippen LogP contribution in [0.5, 0.6) is 5.75 Å². The first-order valence-electron chi connectivity index (χ1n) is 7.32. The molecule has 0 radical (unpaired) electrons. The fourth-order valence-electron chi connectivity index (χ4n) is 2.31. The summed E-state index contributed by atoms with van der Waals surface area (Å²) in [6.45, 7) is -0.0246. The third kappa shape index (κ3) is 3.76. The molecule has 1 saturated heterocycles. The van der Waals surface area contributed by atoms with Gasteiger partial charge < -0.3 is 9.64 Å². The Morgan fingerprint density at radius 1 is 1.12 bits per heavy atom. The SMILES string of the molecule is N#Cc1ccc(-c2ccc(OC(=O)CN3CSCC3=O)cc2)cc1. The van der Waals surface area contributed by atoms with Crippen LogP contribution in [0.15, 0.2) is 48.5 Å². The van der Waals surface area contributed by atoms with E-state index in [1.807, 2.05) is 24.3 Å². The molecule has 2 aromatic rings. The lowest BCUT2D eigenvalue weighted by molar-refractivity contribution is -0.140. The highest BCUT2D eigenvalue weighted by molar-refractivity contribution is 8.00. The van der Waals surface area contributed by atoms with E-state index < -0.39 is 5.97 Å². The Morgan fingerprint density at radius 2 is 1.75 bits per heavy atom. The van der Waals surface area contributed by atoms with E-state index >= 15 is 0 Å². The van der Waals surface area contributed by atoms with Crippen molar-refractivity contribution in [2.24, 2.45) is 0 Å². The van der Waals surface area contributed by atoms with Crippen LogP contribution in [0.1, 0.15) is 5.56 Å². The van der Waals surface area contributed by atoms with Gasteiger partial charge >= 0.3 is 5.97 Å². The molecule has 1 amide bonds. The molecule has 24 heavy (non-hydrogen) atoms. The van der Waals surface area contributed by atoms with Crippen molar-refractivity contribution in [2.45, 2.75) is 0 Å². The predicted molar refractivity (Wildman–Crippen MR) is 91.3 cm³/mol. The molecule has 1 heterocycles. The molecule has 0 unspecified atom stereocenters. The summed E-state index contributed by atoms with van der Waals surface area (Å²) in [5, 5.41) is 8.81. The van der Waals surface area contributed by atoms with Gasteiger partial charge in [-0.15, -0.1) is 11.8 Å². The minimum absolute atomic E-state index is 0.0246. The van der Waals surface area contributed by atoms with Gasteiger partial charge in [0.15, 0.2) is 0 Å². The maximum atomic E-state index is 11.9. The summed E-state index contributed by atoms with van der Waals surface area (Å²) in [7, 11) is 0. The number of amides is 1. The van der Waals surface area contributed by atoms with E-state index in [4.69, 9.17) is 10.00 Å². The fraction of sp³-hybridized carbons (Fsp3) is 0.167. The van der Waals surface area contributed by atoms with Crippen LogP contribution in [0, 0.1) is 11.3 Å². The molecule has 3 rings (SSSR count). The van der Waals surface area contributed by atoms with E-state index in [-0.39, 0.29) is 12.5 Å². The van der Waals surface area contributed by atoms with Crippen molar-refractivity contribution in [1.82, 2.24) is 4.90 Å². The number of hydrogen-bond donors (Lipinski definition) is 0. The van der Waals surface area contributed by atoms with Crippen molar-refractivity contribution < 1.29 is 14.3 Å². The van der Waals surface area contributed by atoms with E-state index in [2.05, 4.69) is 6.07 Å². The summed E-state index contributed by atoms with van der Waals surface area (Å²) in [6, 6.07) is 16.5. The van der Waals surface area contributed by atoms with Crippen molar-refractivity contribution in [3.63, 3.8) is 0 Å². The molecule has 0 aromatic heterocycles. The Kier molecular flexibility index (Phi) is 4.82. The lowest BCUT2D eigenvalue weighted by Crippen LogP contribution is -2.33. The molecule has 0 saturated carbocycles. The Hall–Kier alpha value is -2.78. The molecule has 6 heteroatoms. The zero-order valence-electron chi connectivity index (χ0n) is 12.8. The molecule has 0 N–H and O–H groups in total. The van der Waals surface area contributed by atoms with E-state index in [1.54, 1.807) is 24.3 Å². The van der Waals surface area contributed by atoms with Gasteiger partial charge in [0.1, 0.15) is 12.3 Å². The highest BCUT2D eigenvalue weighted by Crippen LogP contribution is 2.23. The maximum absolute atomic E-state index is 11.9. The average Bonchev–Trinajstić information content (AvgIpc) is 3.00. The van der Waals surface area contributed by atoms with Crippen LogP contribution in [0.4, 0.5) is 0 Å². The second-order valence-electron chi connectivity index (χ2n) is 5.26. The lowest BCUT2D eigenvalue weighted by Gasteiger charge is -2.13. The van der Waals surface area contributed by atoms with E-state index in [9.17, 15) is 9.59 Å². The number of thioether (sulfide) groups is 1. The number of nitriles is 1. The van der Waals surface area contributed by atoms with E-state index in [0.29, 0.717) is 22.9 Å². The van der Waals surface area contributed by atoms with Crippen LogP contribution in [0.2, 0.25) is 0 Å². The summed E-state index contributed by atoms with van der Waals surface area (Å²) in [5.41, 5.74) is 2.55. The second kappa shape index (κ2) is 7.20. The van der Waals surface area contributed by atoms with Gasteiger partial charge in [0.2, 0.25) is 5.91 Å². The van der Waals surface area contributed by atoms with Gasteiger partial charge in [0.05, 0.1) is 23.3 Å². The Morgan fingerprint density at radius 3 is 2.29 bits per heavy atom. The van der Waals surface area contributed by atoms with Crippen LogP contribution >= 0.6 is 11.8 Å². The van der Waals surface area contributed by atoms with Crippen molar-refractivity contribution in [2.75, 3.05) is 18.2 Å². The molecule has 0 aliphatic carbocycles. The number of esters is 1. The largest absolute Gasteiger partial charge is 0.425 e. The van der Waals surface area contributed by atoms with Gasteiger partial charge in [-0.3, -0.25) is 4.79 Å². The van der Waals surface area contributed by atoms with Gasteiger partial charge in [-0.25, -0.2) is 4.79 Å². The van der Waals surface area contributed by atoms with Crippen molar-refractivity contribution in [3.8, 4) is 22.9 Å². The maximum Gasteiger partial charge on any atom is 0.331 e. The van der Waals surface area contributed by atoms with E-state index in [1.165, 1.54) is 16.7 Å². The molecule has 5 nitrogen and oxygen atoms in total. The fourth-order valence-corrected chi connectivity index (χ4v) is 3.22. The lowest BCUT2D eigenvalue weighted by atomic mass is 10.0. The van der Waals surface area contributed by atoms with Crippen molar-refractivity contribution >= 4 is 23.6 Å². The molecule has 2 aromatic carbocycles. The van der Waals surface area contributed by atoms with Gasteiger partial charge in [0.25, 0.3) is 0 Å². The highest BCUT2D eigenvalue weighted by atomic mass is 32.2. The molecular formula is C18H14N2O3S. The first kappa shape index (κ1) is 16.1. The first-order valence-corrected chi connectivity index (χ1v) is 8.48. The minimum atomic E-state index is -0.447. The number of rotatable bonds is 4. The Labute approximate surface area is 143 Å². The Balaban J connectivity index is 1.62. The van der Waals surface area contributed by atoms with Crippen LogP contribution in [0.3, 0.4) is 0 Å². The second-order valence-corrected chi connectivity index (χ2v) is 6.21. The Bertz CT molecular complexity index is 795. The molecule has 0 bridgehead atoms. The van der Waals surface area contributed by atoms with Crippen molar-refractivity contribution in [3.05, 3.63) is 54.1 Å². The van der Waals surface area contributed by atoms with Crippen LogP contribution in [0.25, 0.3) is 11.1 Å². The number of ether oxygens (including phenoxy) is 1. The molecule has 0 atom stereocenters.